The summed E-state index contributed by atoms with van der Waals surface area (Å²) in [6.07, 6.45) is 5.28. The Labute approximate surface area is 188 Å². The first-order chi connectivity index (χ1) is 13.1. The highest BCUT2D eigenvalue weighted by Gasteiger charge is 2.10. The first kappa shape index (κ1) is 24.0. The second-order valence-electron chi connectivity index (χ2n) is 5.86. The predicted octanol–water partition coefficient (Wildman–Crippen LogP) is 3.69. The Morgan fingerprint density at radius 1 is 1.39 bits per heavy atom. The average molecular weight is 514 g/mol. The molecule has 28 heavy (non-hydrogen) atoms. The number of aryl methyl sites for hydroxylation is 1. The van der Waals surface area contributed by atoms with Crippen molar-refractivity contribution in [2.75, 3.05) is 27.3 Å². The summed E-state index contributed by atoms with van der Waals surface area (Å²) in [4.78, 5) is 11.3. The Morgan fingerprint density at radius 2 is 2.18 bits per heavy atom. The summed E-state index contributed by atoms with van der Waals surface area (Å²) in [6.45, 7) is 6.26. The summed E-state index contributed by atoms with van der Waals surface area (Å²) in [5.74, 6) is 4.57. The fourth-order valence-corrected chi connectivity index (χ4v) is 3.09. The summed E-state index contributed by atoms with van der Waals surface area (Å²) in [7, 11) is 3.61. The standard InChI is InChI=1S/C20H26N4O2S.HI/c1-6-10-26-19-11-16(8-9-18(19)25-5)12-22-20(21-7-2)24(4)13-17-14-27-15(3)23-17;/h1,8-9,11,14H,7,10,12-13H2,2-5H3,(H,21,22);1H. The molecule has 0 spiro atoms. The molecule has 2 rings (SSSR count). The average Bonchev–Trinajstić information content (AvgIpc) is 3.07. The van der Waals surface area contributed by atoms with Crippen LogP contribution in [0.2, 0.25) is 0 Å². The van der Waals surface area contributed by atoms with Crippen molar-refractivity contribution in [3.8, 4) is 23.8 Å². The minimum Gasteiger partial charge on any atom is -0.493 e. The van der Waals surface area contributed by atoms with Gasteiger partial charge in [0.25, 0.3) is 0 Å². The molecule has 0 saturated carbocycles. The molecule has 0 fully saturated rings. The largest absolute Gasteiger partial charge is 0.493 e. The second kappa shape index (κ2) is 12.5. The normalized spacial score (nSPS) is 10.6. The van der Waals surface area contributed by atoms with Crippen LogP contribution in [0.15, 0.2) is 28.6 Å². The fraction of sp³-hybridized carbons (Fsp3) is 0.400. The number of halogens is 1. The molecule has 1 heterocycles. The number of hydrogen-bond donors (Lipinski definition) is 1. The van der Waals surface area contributed by atoms with Crippen molar-refractivity contribution in [2.45, 2.75) is 26.9 Å². The fourth-order valence-electron chi connectivity index (χ4n) is 2.49. The van der Waals surface area contributed by atoms with Crippen LogP contribution in [-0.2, 0) is 13.1 Å². The van der Waals surface area contributed by atoms with Gasteiger partial charge in [0.1, 0.15) is 6.61 Å². The van der Waals surface area contributed by atoms with Crippen molar-refractivity contribution in [3.63, 3.8) is 0 Å². The number of benzene rings is 1. The van der Waals surface area contributed by atoms with Crippen molar-refractivity contribution >= 4 is 41.3 Å². The zero-order valence-electron chi connectivity index (χ0n) is 16.7. The van der Waals surface area contributed by atoms with Crippen molar-refractivity contribution < 1.29 is 9.47 Å². The van der Waals surface area contributed by atoms with Gasteiger partial charge in [0.05, 0.1) is 30.9 Å². The molecule has 0 atom stereocenters. The number of nitrogens with zero attached hydrogens (tertiary/aromatic N) is 3. The zero-order chi connectivity index (χ0) is 19.6. The van der Waals surface area contributed by atoms with Gasteiger partial charge in [-0.3, -0.25) is 0 Å². The lowest BCUT2D eigenvalue weighted by Gasteiger charge is -2.21. The van der Waals surface area contributed by atoms with Gasteiger partial charge < -0.3 is 19.7 Å². The van der Waals surface area contributed by atoms with Gasteiger partial charge in [-0.25, -0.2) is 9.98 Å². The number of nitrogens with one attached hydrogen (secondary N) is 1. The van der Waals surface area contributed by atoms with Crippen LogP contribution in [0.5, 0.6) is 11.5 Å². The smallest absolute Gasteiger partial charge is 0.194 e. The van der Waals surface area contributed by atoms with E-state index in [1.807, 2.05) is 32.2 Å². The lowest BCUT2D eigenvalue weighted by molar-refractivity contribution is 0.330. The van der Waals surface area contributed by atoms with Crippen LogP contribution >= 0.6 is 35.3 Å². The first-order valence-corrected chi connectivity index (χ1v) is 9.59. The number of rotatable bonds is 8. The first-order valence-electron chi connectivity index (χ1n) is 8.71. The molecule has 0 aliphatic rings. The van der Waals surface area contributed by atoms with E-state index in [1.165, 1.54) is 0 Å². The molecule has 0 amide bonds. The van der Waals surface area contributed by atoms with Gasteiger partial charge in [-0.1, -0.05) is 12.0 Å². The number of aliphatic imine (C=N–C) groups is 1. The van der Waals surface area contributed by atoms with E-state index in [1.54, 1.807) is 18.4 Å². The molecule has 1 N–H and O–H groups in total. The van der Waals surface area contributed by atoms with E-state index in [2.05, 4.69) is 33.4 Å². The van der Waals surface area contributed by atoms with Gasteiger partial charge in [-0.15, -0.1) is 41.7 Å². The third-order valence-corrected chi connectivity index (χ3v) is 4.53. The van der Waals surface area contributed by atoms with Crippen LogP contribution in [0, 0.1) is 19.3 Å². The molecular formula is C20H27IN4O2S. The third-order valence-electron chi connectivity index (χ3n) is 3.71. The highest BCUT2D eigenvalue weighted by Crippen LogP contribution is 2.28. The van der Waals surface area contributed by atoms with Crippen molar-refractivity contribution in [3.05, 3.63) is 39.8 Å². The Balaban J connectivity index is 0.00000392. The Bertz CT molecular complexity index is 817. The number of guanidine groups is 1. The summed E-state index contributed by atoms with van der Waals surface area (Å²) in [5, 5.41) is 6.47. The molecule has 0 saturated heterocycles. The summed E-state index contributed by atoms with van der Waals surface area (Å²) in [5.41, 5.74) is 2.05. The minimum absolute atomic E-state index is 0. The minimum atomic E-state index is 0. The molecule has 0 radical (unpaired) electrons. The number of hydrogen-bond acceptors (Lipinski definition) is 5. The SMILES string of the molecule is C#CCOc1cc(CN=C(NCC)N(C)Cc2csc(C)n2)ccc1OC.I. The molecule has 2 aromatic rings. The van der Waals surface area contributed by atoms with Crippen LogP contribution in [0.1, 0.15) is 23.2 Å². The molecule has 8 heteroatoms. The highest BCUT2D eigenvalue weighted by atomic mass is 127. The van der Waals surface area contributed by atoms with Crippen LogP contribution in [-0.4, -0.2) is 43.2 Å². The Kier molecular flexibility index (Phi) is 10.7. The maximum absolute atomic E-state index is 5.56. The molecule has 1 aromatic carbocycles. The van der Waals surface area contributed by atoms with Crippen LogP contribution < -0.4 is 14.8 Å². The van der Waals surface area contributed by atoms with Gasteiger partial charge >= 0.3 is 0 Å². The van der Waals surface area contributed by atoms with E-state index in [4.69, 9.17) is 20.9 Å². The quantitative estimate of drug-likeness (QED) is 0.252. The van der Waals surface area contributed by atoms with E-state index in [0.29, 0.717) is 24.6 Å². The van der Waals surface area contributed by atoms with Gasteiger partial charge in [0, 0.05) is 19.0 Å². The summed E-state index contributed by atoms with van der Waals surface area (Å²) in [6, 6.07) is 5.75. The van der Waals surface area contributed by atoms with Crippen molar-refractivity contribution in [1.82, 2.24) is 15.2 Å². The molecule has 0 aliphatic heterocycles. The van der Waals surface area contributed by atoms with E-state index in [-0.39, 0.29) is 30.6 Å². The second-order valence-corrected chi connectivity index (χ2v) is 6.92. The number of thiazole rings is 1. The molecule has 0 bridgehead atoms. The van der Waals surface area contributed by atoms with E-state index in [9.17, 15) is 0 Å². The van der Waals surface area contributed by atoms with E-state index < -0.39 is 0 Å². The number of aromatic nitrogens is 1. The number of methoxy groups -OCH3 is 1. The predicted molar refractivity (Wildman–Crippen MR) is 126 cm³/mol. The Morgan fingerprint density at radius 3 is 2.79 bits per heavy atom. The van der Waals surface area contributed by atoms with Crippen molar-refractivity contribution in [2.24, 2.45) is 4.99 Å². The van der Waals surface area contributed by atoms with Gasteiger partial charge in [0.15, 0.2) is 17.5 Å². The zero-order valence-corrected chi connectivity index (χ0v) is 19.8. The highest BCUT2D eigenvalue weighted by molar-refractivity contribution is 14.0. The number of ether oxygens (including phenoxy) is 2. The maximum atomic E-state index is 5.56. The molecule has 6 nitrogen and oxygen atoms in total. The van der Waals surface area contributed by atoms with Gasteiger partial charge in [-0.2, -0.15) is 0 Å². The third kappa shape index (κ3) is 7.20. The topological polar surface area (TPSA) is 59.0 Å². The summed E-state index contributed by atoms with van der Waals surface area (Å²) < 4.78 is 10.9. The molecule has 152 valence electrons. The van der Waals surface area contributed by atoms with Crippen LogP contribution in [0.4, 0.5) is 0 Å². The number of terminal acetylenes is 1. The van der Waals surface area contributed by atoms with E-state index >= 15 is 0 Å². The lowest BCUT2D eigenvalue weighted by atomic mass is 10.2. The van der Waals surface area contributed by atoms with Crippen molar-refractivity contribution in [1.29, 1.82) is 0 Å². The summed E-state index contributed by atoms with van der Waals surface area (Å²) >= 11 is 1.66. The molecule has 0 unspecified atom stereocenters. The van der Waals surface area contributed by atoms with Crippen LogP contribution in [0.25, 0.3) is 0 Å². The van der Waals surface area contributed by atoms with Crippen LogP contribution in [0.3, 0.4) is 0 Å². The Hall–Kier alpha value is -1.99. The van der Waals surface area contributed by atoms with E-state index in [0.717, 1.165) is 28.8 Å². The molecule has 1 aromatic heterocycles. The maximum Gasteiger partial charge on any atom is 0.194 e. The molecule has 0 aliphatic carbocycles. The monoisotopic (exact) mass is 514 g/mol. The lowest BCUT2D eigenvalue weighted by Crippen LogP contribution is -2.38. The van der Waals surface area contributed by atoms with Gasteiger partial charge in [-0.05, 0) is 31.5 Å². The van der Waals surface area contributed by atoms with Gasteiger partial charge in [0.2, 0.25) is 0 Å². The molecular weight excluding hydrogens is 487 g/mol.